The highest BCUT2D eigenvalue weighted by atomic mass is 16.2. The number of nitrogens with zero attached hydrogens (tertiary/aromatic N) is 2. The molecule has 22 rings (SSSR count). The van der Waals surface area contributed by atoms with Gasteiger partial charge in [0.15, 0.2) is 0 Å². The predicted octanol–water partition coefficient (Wildman–Crippen LogP) is 19.8. The van der Waals surface area contributed by atoms with Crippen LogP contribution in [-0.2, 0) is 0 Å². The van der Waals surface area contributed by atoms with Gasteiger partial charge in [0.25, 0.3) is 11.1 Å². The molecule has 0 saturated carbocycles. The summed E-state index contributed by atoms with van der Waals surface area (Å²) in [5.74, 6) is -0.849. The average Bonchev–Trinajstić information content (AvgIpc) is 1.49. The molecule has 0 aliphatic heterocycles. The predicted molar refractivity (Wildman–Crippen MR) is 367 cm³/mol. The first-order chi connectivity index (χ1) is 44.6. The number of hydrogen-bond acceptors (Lipinski definition) is 2. The van der Waals surface area contributed by atoms with Crippen molar-refractivity contribution in [2.45, 2.75) is 23.7 Å². The van der Waals surface area contributed by atoms with Gasteiger partial charge in [-0.2, -0.15) is 4.52 Å². The first kappa shape index (κ1) is 49.6. The van der Waals surface area contributed by atoms with Gasteiger partial charge in [-0.3, -0.25) is 9.59 Å². The molecular weight excluding hydrogens is 1090 g/mol. The molecule has 0 atom stereocenters. The summed E-state index contributed by atoms with van der Waals surface area (Å²) in [4.78, 5) is 33.5. The second-order valence-corrected chi connectivity index (χ2v) is 25.0. The van der Waals surface area contributed by atoms with Crippen molar-refractivity contribution in [1.29, 1.82) is 0 Å². The molecule has 90 heavy (non-hydrogen) atoms. The Morgan fingerprint density at radius 2 is 0.489 bits per heavy atom. The van der Waals surface area contributed by atoms with Gasteiger partial charge in [0.1, 0.15) is 0 Å². The van der Waals surface area contributed by atoms with Crippen molar-refractivity contribution in [3.8, 4) is 66.8 Å². The number of benzene rings is 14. The van der Waals surface area contributed by atoms with Gasteiger partial charge in [-0.1, -0.05) is 279 Å². The van der Waals surface area contributed by atoms with Crippen molar-refractivity contribution in [2.24, 2.45) is 0 Å². The van der Waals surface area contributed by atoms with Crippen LogP contribution in [0.2, 0.25) is 0 Å². The SMILES string of the molecule is O=c1c2c3c(c4cc(-c5c(-c6ccccc6)cccc5-c5ccccc5)ccc4c2n2c4c(c5c(c6cc(-c7c(-c8ccccc8)cccc7-c7ccccc7)ccc64)C4c6ccccc6C5c5ccccc54)c(=O)n12)C1c2ccccc2C3c2ccccc21. The van der Waals surface area contributed by atoms with E-state index in [1.54, 1.807) is 4.52 Å². The number of aromatic nitrogens is 2. The van der Waals surface area contributed by atoms with Crippen LogP contribution in [0.15, 0.2) is 301 Å². The van der Waals surface area contributed by atoms with E-state index in [0.29, 0.717) is 10.8 Å². The lowest BCUT2D eigenvalue weighted by Crippen LogP contribution is -2.30. The van der Waals surface area contributed by atoms with Crippen molar-refractivity contribution < 1.29 is 0 Å². The van der Waals surface area contributed by atoms with Crippen LogP contribution < -0.4 is 11.1 Å². The highest BCUT2D eigenvalue weighted by Crippen LogP contribution is 2.62. The van der Waals surface area contributed by atoms with Gasteiger partial charge >= 0.3 is 0 Å². The van der Waals surface area contributed by atoms with Crippen LogP contribution in [0.3, 0.4) is 0 Å². The minimum atomic E-state index is -0.277. The molecule has 0 N–H and O–H groups in total. The standard InChI is InChI=1S/C86H52N2O2/c89-85-81-79-75-63-35-17-13-31-59(63)73(60-32-14-18-36-64(60)75)77(79)69-47-53(71-55(49-23-5-1-6-24-49)39-21-40-56(71)50-25-7-2-8-26-50)43-45-67(69)83(81)87-84-68-46-44-54(72-57(51-27-9-3-10-28-51)41-22-42-58(72)52-29-11-4-12-30-52)48-70(68)78-74-61-33-15-19-37-65(61)76(66-38-20-16-34-62(66)74)80(78)82(84)86(90)88(85)87/h1-48,73-76H. The highest BCUT2D eigenvalue weighted by Gasteiger charge is 2.47. The van der Waals surface area contributed by atoms with Gasteiger partial charge in [0, 0.05) is 34.4 Å². The zero-order chi connectivity index (χ0) is 59.0. The number of fused-ring (bicyclic) bond motifs is 9. The van der Waals surface area contributed by atoms with Crippen molar-refractivity contribution in [1.82, 2.24) is 9.03 Å². The van der Waals surface area contributed by atoms with E-state index < -0.39 is 0 Å². The Hall–Kier alpha value is -11.5. The van der Waals surface area contributed by atoms with Crippen LogP contribution in [-0.4, -0.2) is 9.03 Å². The van der Waals surface area contributed by atoms with Crippen LogP contribution in [0.25, 0.3) is 110 Å². The van der Waals surface area contributed by atoms with E-state index in [2.05, 4.69) is 296 Å². The number of rotatable bonds is 6. The van der Waals surface area contributed by atoms with Crippen LogP contribution in [0.1, 0.15) is 90.4 Å². The number of hydrogen-bond donors (Lipinski definition) is 0. The second-order valence-electron chi connectivity index (χ2n) is 25.0. The molecular formula is C86H52N2O2. The topological polar surface area (TPSA) is 43.0 Å². The summed E-state index contributed by atoms with van der Waals surface area (Å²) in [7, 11) is 0. The lowest BCUT2D eigenvalue weighted by Gasteiger charge is -2.43. The monoisotopic (exact) mass is 1140 g/mol. The van der Waals surface area contributed by atoms with Crippen LogP contribution in [0.4, 0.5) is 0 Å². The lowest BCUT2D eigenvalue weighted by atomic mass is 9.59. The molecule has 0 fully saturated rings. The third-order valence-corrected chi connectivity index (χ3v) is 20.8. The zero-order valence-corrected chi connectivity index (χ0v) is 48.7. The Morgan fingerprint density at radius 1 is 0.222 bits per heavy atom. The van der Waals surface area contributed by atoms with Crippen LogP contribution in [0, 0.1) is 0 Å². The summed E-state index contributed by atoms with van der Waals surface area (Å²) in [6, 6.07) is 106. The van der Waals surface area contributed by atoms with Crippen LogP contribution >= 0.6 is 0 Å². The Labute approximate surface area is 518 Å². The fraction of sp³-hybridized carbons (Fsp3) is 0.0465. The van der Waals surface area contributed by atoms with Gasteiger partial charge in [0.05, 0.1) is 21.8 Å². The fourth-order valence-electron chi connectivity index (χ4n) is 17.5. The third kappa shape index (κ3) is 6.53. The molecule has 4 heteroatoms. The lowest BCUT2D eigenvalue weighted by molar-refractivity contribution is 0.765. The Kier molecular flexibility index (Phi) is 10.2. The Bertz CT molecular complexity index is 5330. The van der Waals surface area contributed by atoms with Gasteiger partial charge in [-0.05, 0) is 156 Å². The summed E-state index contributed by atoms with van der Waals surface area (Å²) in [5, 5.41) is 5.26. The molecule has 2 aromatic heterocycles. The van der Waals surface area contributed by atoms with Gasteiger partial charge in [-0.15, -0.1) is 0 Å². The molecule has 0 saturated heterocycles. The van der Waals surface area contributed by atoms with E-state index >= 15 is 9.59 Å². The summed E-state index contributed by atoms with van der Waals surface area (Å²) in [6.07, 6.45) is 0. The second kappa shape index (κ2) is 18.5. The molecule has 6 aliphatic rings. The summed E-state index contributed by atoms with van der Waals surface area (Å²) < 4.78 is 3.65. The quantitative estimate of drug-likeness (QED) is 0.167. The average molecular weight is 1150 g/mol. The van der Waals surface area contributed by atoms with Gasteiger partial charge in [0.2, 0.25) is 0 Å². The smallest absolute Gasteiger partial charge is 0.267 e. The first-order valence-electron chi connectivity index (χ1n) is 31.4. The molecule has 418 valence electrons. The van der Waals surface area contributed by atoms with E-state index in [9.17, 15) is 0 Å². The molecule has 0 unspecified atom stereocenters. The van der Waals surface area contributed by atoms with Gasteiger partial charge < -0.3 is 0 Å². The summed E-state index contributed by atoms with van der Waals surface area (Å²) >= 11 is 0. The van der Waals surface area contributed by atoms with Crippen molar-refractivity contribution in [2.75, 3.05) is 0 Å². The molecule has 16 aromatic rings. The van der Waals surface area contributed by atoms with E-state index in [1.165, 1.54) is 44.5 Å². The summed E-state index contributed by atoms with van der Waals surface area (Å²) in [5.41, 5.74) is 28.7. The van der Waals surface area contributed by atoms with Crippen molar-refractivity contribution in [3.63, 3.8) is 0 Å². The maximum absolute atomic E-state index is 16.8. The molecule has 4 nitrogen and oxygen atoms in total. The highest BCUT2D eigenvalue weighted by molar-refractivity contribution is 6.18. The van der Waals surface area contributed by atoms with Gasteiger partial charge in [-0.25, -0.2) is 4.52 Å². The van der Waals surface area contributed by atoms with Crippen molar-refractivity contribution >= 4 is 43.4 Å². The molecule has 14 aromatic carbocycles. The van der Waals surface area contributed by atoms with E-state index in [4.69, 9.17) is 0 Å². The van der Waals surface area contributed by atoms with Crippen LogP contribution in [0.5, 0.6) is 0 Å². The summed E-state index contributed by atoms with van der Waals surface area (Å²) in [6.45, 7) is 0. The Balaban J connectivity index is 0.967. The molecule has 4 bridgehead atoms. The normalized spacial score (nSPS) is 16.3. The molecule has 6 aliphatic carbocycles. The Morgan fingerprint density at radius 3 is 0.778 bits per heavy atom. The van der Waals surface area contributed by atoms with E-state index in [1.807, 2.05) is 0 Å². The zero-order valence-electron chi connectivity index (χ0n) is 48.7. The maximum Gasteiger partial charge on any atom is 0.282 e. The largest absolute Gasteiger partial charge is 0.282 e. The minimum absolute atomic E-state index is 0.166. The molecule has 0 radical (unpaired) electrons. The molecule has 0 amide bonds. The molecule has 0 spiro atoms. The fourth-order valence-corrected chi connectivity index (χ4v) is 17.5. The van der Waals surface area contributed by atoms with E-state index in [-0.39, 0.29) is 34.8 Å². The van der Waals surface area contributed by atoms with Crippen molar-refractivity contribution in [3.05, 3.63) is 379 Å². The third-order valence-electron chi connectivity index (χ3n) is 20.8. The minimum Gasteiger partial charge on any atom is -0.267 e. The first-order valence-corrected chi connectivity index (χ1v) is 31.4. The van der Waals surface area contributed by atoms with E-state index in [0.717, 1.165) is 122 Å². The molecule has 2 heterocycles. The maximum atomic E-state index is 16.8.